The van der Waals surface area contributed by atoms with Gasteiger partial charge < -0.3 is 20.3 Å². The Labute approximate surface area is 99.1 Å². The molecule has 1 aliphatic heterocycles. The molecule has 0 fully saturated rings. The van der Waals surface area contributed by atoms with Crippen molar-refractivity contribution in [1.29, 1.82) is 0 Å². The second-order valence-corrected chi connectivity index (χ2v) is 3.98. The molecule has 1 heterocycles. The predicted octanol–water partition coefficient (Wildman–Crippen LogP) is 0.932. The number of carbonyl (C=O) groups is 1. The number of hydrogen-bond acceptors (Lipinski definition) is 4. The summed E-state index contributed by atoms with van der Waals surface area (Å²) in [5, 5.41) is 8.82. The van der Waals surface area contributed by atoms with Crippen LogP contribution in [0.5, 0.6) is 11.5 Å². The van der Waals surface area contributed by atoms with Crippen molar-refractivity contribution in [3.63, 3.8) is 0 Å². The first-order valence-electron chi connectivity index (χ1n) is 5.51. The predicted molar refractivity (Wildman–Crippen MR) is 61.3 cm³/mol. The highest BCUT2D eigenvalue weighted by molar-refractivity contribution is 5.73. The number of nitrogens with two attached hydrogens (primary N) is 1. The number of hydrogen-bond donors (Lipinski definition) is 2. The van der Waals surface area contributed by atoms with Crippen LogP contribution in [0.2, 0.25) is 0 Å². The summed E-state index contributed by atoms with van der Waals surface area (Å²) in [6.45, 7) is 2.22. The van der Waals surface area contributed by atoms with Gasteiger partial charge in [0, 0.05) is 0 Å². The van der Waals surface area contributed by atoms with Gasteiger partial charge in [-0.05, 0) is 36.1 Å². The molecule has 0 spiro atoms. The van der Waals surface area contributed by atoms with Crippen molar-refractivity contribution >= 4 is 5.97 Å². The van der Waals surface area contributed by atoms with E-state index in [1.54, 1.807) is 0 Å². The van der Waals surface area contributed by atoms with Gasteiger partial charge in [-0.15, -0.1) is 0 Å². The standard InChI is InChI=1S/C12H15NO4/c1-2-7-4-10-11(17-6-16-10)5-8(7)3-9(13)12(14)15/h4-5,9H,2-3,6,13H2,1H3,(H,14,15). The van der Waals surface area contributed by atoms with E-state index in [2.05, 4.69) is 0 Å². The van der Waals surface area contributed by atoms with Crippen molar-refractivity contribution in [3.05, 3.63) is 23.3 Å². The van der Waals surface area contributed by atoms with Gasteiger partial charge in [0.25, 0.3) is 0 Å². The van der Waals surface area contributed by atoms with Gasteiger partial charge in [0.15, 0.2) is 11.5 Å². The molecule has 1 aromatic carbocycles. The molecular weight excluding hydrogens is 222 g/mol. The zero-order valence-electron chi connectivity index (χ0n) is 9.60. The van der Waals surface area contributed by atoms with Crippen LogP contribution < -0.4 is 15.2 Å². The third-order valence-electron chi connectivity index (χ3n) is 2.83. The lowest BCUT2D eigenvalue weighted by Gasteiger charge is -2.12. The number of ether oxygens (including phenoxy) is 2. The van der Waals surface area contributed by atoms with E-state index >= 15 is 0 Å². The van der Waals surface area contributed by atoms with E-state index in [-0.39, 0.29) is 6.79 Å². The maximum atomic E-state index is 10.8. The Bertz CT molecular complexity index is 444. The molecule has 1 aromatic rings. The first-order chi connectivity index (χ1) is 8.11. The van der Waals surface area contributed by atoms with Crippen LogP contribution in [0.15, 0.2) is 12.1 Å². The molecular formula is C12H15NO4. The monoisotopic (exact) mass is 237 g/mol. The molecule has 5 heteroatoms. The Kier molecular flexibility index (Phi) is 3.19. The van der Waals surface area contributed by atoms with Crippen molar-refractivity contribution in [1.82, 2.24) is 0 Å². The summed E-state index contributed by atoms with van der Waals surface area (Å²) in [7, 11) is 0. The lowest BCUT2D eigenvalue weighted by Crippen LogP contribution is -2.32. The van der Waals surface area contributed by atoms with E-state index < -0.39 is 12.0 Å². The third-order valence-corrected chi connectivity index (χ3v) is 2.83. The smallest absolute Gasteiger partial charge is 0.320 e. The summed E-state index contributed by atoms with van der Waals surface area (Å²) in [5.74, 6) is 0.383. The SMILES string of the molecule is CCc1cc2c(cc1CC(N)C(=O)O)OCO2. The van der Waals surface area contributed by atoms with E-state index in [0.717, 1.165) is 23.3 Å². The van der Waals surface area contributed by atoms with Crippen LogP contribution in [0, 0.1) is 0 Å². The van der Waals surface area contributed by atoms with Crippen LogP contribution in [0.3, 0.4) is 0 Å². The Balaban J connectivity index is 2.29. The van der Waals surface area contributed by atoms with Crippen LogP contribution in [-0.4, -0.2) is 23.9 Å². The topological polar surface area (TPSA) is 81.8 Å². The molecule has 5 nitrogen and oxygen atoms in total. The fourth-order valence-corrected chi connectivity index (χ4v) is 1.87. The van der Waals surface area contributed by atoms with Crippen LogP contribution in [0.25, 0.3) is 0 Å². The van der Waals surface area contributed by atoms with Crippen molar-refractivity contribution in [2.45, 2.75) is 25.8 Å². The van der Waals surface area contributed by atoms with Gasteiger partial charge in [-0.1, -0.05) is 6.92 Å². The summed E-state index contributed by atoms with van der Waals surface area (Å²) in [6, 6.07) is 2.83. The number of carboxylic acids is 1. The van der Waals surface area contributed by atoms with Crippen LogP contribution in [0.1, 0.15) is 18.1 Å². The van der Waals surface area contributed by atoms with Crippen molar-refractivity contribution < 1.29 is 19.4 Å². The summed E-state index contributed by atoms with van der Waals surface area (Å²) in [6.07, 6.45) is 1.10. The molecule has 0 bridgehead atoms. The molecule has 0 saturated heterocycles. The van der Waals surface area contributed by atoms with Crippen molar-refractivity contribution in [2.24, 2.45) is 5.73 Å². The van der Waals surface area contributed by atoms with E-state index in [1.807, 2.05) is 19.1 Å². The Morgan fingerprint density at radius 1 is 1.41 bits per heavy atom. The van der Waals surface area contributed by atoms with Gasteiger partial charge in [0.05, 0.1) is 0 Å². The van der Waals surface area contributed by atoms with Crippen LogP contribution in [0.4, 0.5) is 0 Å². The molecule has 1 unspecified atom stereocenters. The lowest BCUT2D eigenvalue weighted by atomic mass is 9.98. The highest BCUT2D eigenvalue weighted by atomic mass is 16.7. The van der Waals surface area contributed by atoms with E-state index in [4.69, 9.17) is 20.3 Å². The maximum Gasteiger partial charge on any atom is 0.320 e. The van der Waals surface area contributed by atoms with E-state index in [0.29, 0.717) is 12.2 Å². The number of fused-ring (bicyclic) bond motifs is 1. The molecule has 2 rings (SSSR count). The van der Waals surface area contributed by atoms with Gasteiger partial charge in [-0.25, -0.2) is 0 Å². The molecule has 17 heavy (non-hydrogen) atoms. The molecule has 0 aliphatic carbocycles. The van der Waals surface area contributed by atoms with Crippen molar-refractivity contribution in [3.8, 4) is 11.5 Å². The largest absolute Gasteiger partial charge is 0.480 e. The molecule has 0 radical (unpaired) electrons. The quantitative estimate of drug-likeness (QED) is 0.814. The summed E-state index contributed by atoms with van der Waals surface area (Å²) >= 11 is 0. The number of aliphatic carboxylic acids is 1. The first-order valence-corrected chi connectivity index (χ1v) is 5.51. The van der Waals surface area contributed by atoms with Crippen LogP contribution in [-0.2, 0) is 17.6 Å². The Morgan fingerprint density at radius 2 is 2.00 bits per heavy atom. The number of rotatable bonds is 4. The molecule has 0 amide bonds. The highest BCUT2D eigenvalue weighted by Crippen LogP contribution is 2.35. The fourth-order valence-electron chi connectivity index (χ4n) is 1.87. The average Bonchev–Trinajstić information content (AvgIpc) is 2.74. The van der Waals surface area contributed by atoms with Gasteiger partial charge in [-0.2, -0.15) is 0 Å². The maximum absolute atomic E-state index is 10.8. The van der Waals surface area contributed by atoms with Gasteiger partial charge in [-0.3, -0.25) is 4.79 Å². The number of carboxylic acid groups (broad SMARTS) is 1. The molecule has 0 aromatic heterocycles. The van der Waals surface area contributed by atoms with Gasteiger partial charge in [0.2, 0.25) is 6.79 Å². The molecule has 92 valence electrons. The first kappa shape index (κ1) is 11.7. The van der Waals surface area contributed by atoms with E-state index in [9.17, 15) is 4.79 Å². The second kappa shape index (κ2) is 4.63. The summed E-state index contributed by atoms with van der Waals surface area (Å²) < 4.78 is 10.5. The summed E-state index contributed by atoms with van der Waals surface area (Å²) in [5.41, 5.74) is 7.50. The zero-order chi connectivity index (χ0) is 12.4. The van der Waals surface area contributed by atoms with Crippen molar-refractivity contribution in [2.75, 3.05) is 6.79 Å². The molecule has 1 aliphatic rings. The normalized spacial score (nSPS) is 14.7. The minimum Gasteiger partial charge on any atom is -0.480 e. The zero-order valence-corrected chi connectivity index (χ0v) is 9.60. The second-order valence-electron chi connectivity index (χ2n) is 3.98. The Morgan fingerprint density at radius 3 is 2.53 bits per heavy atom. The lowest BCUT2D eigenvalue weighted by molar-refractivity contribution is -0.138. The fraction of sp³-hybridized carbons (Fsp3) is 0.417. The Hall–Kier alpha value is -1.75. The third kappa shape index (κ3) is 2.34. The highest BCUT2D eigenvalue weighted by Gasteiger charge is 2.19. The van der Waals surface area contributed by atoms with Gasteiger partial charge >= 0.3 is 5.97 Å². The number of aryl methyl sites for hydroxylation is 1. The van der Waals surface area contributed by atoms with Crippen LogP contribution >= 0.6 is 0 Å². The average molecular weight is 237 g/mol. The minimum absolute atomic E-state index is 0.215. The molecule has 0 saturated carbocycles. The summed E-state index contributed by atoms with van der Waals surface area (Å²) in [4.78, 5) is 10.8. The van der Waals surface area contributed by atoms with E-state index in [1.165, 1.54) is 0 Å². The minimum atomic E-state index is -0.996. The molecule has 1 atom stereocenters. The molecule has 3 N–H and O–H groups in total. The van der Waals surface area contributed by atoms with Gasteiger partial charge in [0.1, 0.15) is 6.04 Å². The number of benzene rings is 1.